The molecule has 0 saturated carbocycles. The van der Waals surface area contributed by atoms with Crippen LogP contribution < -0.4 is 10.2 Å². The van der Waals surface area contributed by atoms with E-state index in [0.717, 1.165) is 0 Å². The van der Waals surface area contributed by atoms with Crippen LogP contribution in [0.5, 0.6) is 0 Å². The van der Waals surface area contributed by atoms with E-state index in [1.165, 1.54) is 0 Å². The fourth-order valence-corrected chi connectivity index (χ4v) is 0.392. The van der Waals surface area contributed by atoms with E-state index in [9.17, 15) is 19.8 Å². The monoisotopic (exact) mass is 269 g/mol. The van der Waals surface area contributed by atoms with Gasteiger partial charge in [0.1, 0.15) is 0 Å². The second-order valence-corrected chi connectivity index (χ2v) is 1.97. The predicted molar refractivity (Wildman–Crippen MR) is 26.6 cm³/mol. The molecule has 1 radical (unpaired) electrons. The van der Waals surface area contributed by atoms with Gasteiger partial charge in [0.25, 0.3) is 0 Å². The van der Waals surface area contributed by atoms with Crippen LogP contribution in [0.4, 0.5) is 0 Å². The maximum Gasteiger partial charge on any atom is 0.0953 e. The molecule has 0 bridgehead atoms. The third-order valence-electron chi connectivity index (χ3n) is 1.32. The summed E-state index contributed by atoms with van der Waals surface area (Å²) >= 11 is 0. The van der Waals surface area contributed by atoms with Crippen LogP contribution in [0.1, 0.15) is 0 Å². The Kier molecular flexibility index (Phi) is 6.23. The molecule has 0 atom stereocenters. The molecule has 0 unspecified atom stereocenters. The smallest absolute Gasteiger partial charge is 0.0953 e. The summed E-state index contributed by atoms with van der Waals surface area (Å²) < 4.78 is 0. The first-order chi connectivity index (χ1) is 5.01. The van der Waals surface area contributed by atoms with Crippen molar-refractivity contribution in [3.8, 4) is 0 Å². The molecular formula is C5H6AgO6-2. The van der Waals surface area contributed by atoms with Gasteiger partial charge in [-0.15, -0.1) is 0 Å². The van der Waals surface area contributed by atoms with E-state index in [1.807, 2.05) is 0 Å². The zero-order valence-corrected chi connectivity index (χ0v) is 7.23. The normalized spacial score (nSPS) is 10.2. The van der Waals surface area contributed by atoms with Crippen LogP contribution >= 0.6 is 0 Å². The molecule has 75 valence electrons. The first-order valence-electron chi connectivity index (χ1n) is 2.66. The Balaban J connectivity index is 0. The molecular weight excluding hydrogens is 264 g/mol. The number of hydrogen-bond acceptors (Lipinski definition) is 6. The molecule has 0 aromatic rings. The summed E-state index contributed by atoms with van der Waals surface area (Å²) in [6.07, 6.45) is 0. The molecule has 0 amide bonds. The van der Waals surface area contributed by atoms with Crippen molar-refractivity contribution in [2.75, 3.05) is 13.2 Å². The van der Waals surface area contributed by atoms with Crippen molar-refractivity contribution < 1.29 is 52.4 Å². The van der Waals surface area contributed by atoms with Crippen molar-refractivity contribution in [3.05, 3.63) is 0 Å². The third kappa shape index (κ3) is 2.29. The largest absolute Gasteiger partial charge is 0.549 e. The van der Waals surface area contributed by atoms with Crippen LogP contribution in [0.15, 0.2) is 0 Å². The maximum absolute atomic E-state index is 10.1. The summed E-state index contributed by atoms with van der Waals surface area (Å²) in [7, 11) is 0. The Morgan fingerprint density at radius 3 is 1.33 bits per heavy atom. The Labute approximate surface area is 83.3 Å². The van der Waals surface area contributed by atoms with Gasteiger partial charge in [-0.3, -0.25) is 0 Å². The van der Waals surface area contributed by atoms with Gasteiger partial charge in [-0.1, -0.05) is 0 Å². The minimum absolute atomic E-state index is 0. The van der Waals surface area contributed by atoms with Crippen molar-refractivity contribution in [1.29, 1.82) is 0 Å². The van der Waals surface area contributed by atoms with Crippen molar-refractivity contribution in [2.45, 2.75) is 0 Å². The van der Waals surface area contributed by atoms with Crippen LogP contribution in [0.3, 0.4) is 0 Å². The number of carboxylic acids is 2. The summed E-state index contributed by atoms with van der Waals surface area (Å²) in [6, 6.07) is 0. The molecule has 7 heteroatoms. The van der Waals surface area contributed by atoms with Crippen molar-refractivity contribution in [3.63, 3.8) is 0 Å². The van der Waals surface area contributed by atoms with Crippen molar-refractivity contribution in [2.24, 2.45) is 5.41 Å². The first kappa shape index (κ1) is 14.1. The predicted octanol–water partition coefficient (Wildman–Crippen LogP) is -4.55. The van der Waals surface area contributed by atoms with E-state index in [2.05, 4.69) is 0 Å². The van der Waals surface area contributed by atoms with Gasteiger partial charge in [0.15, 0.2) is 0 Å². The summed E-state index contributed by atoms with van der Waals surface area (Å²) in [6.45, 7) is -2.51. The zero-order chi connectivity index (χ0) is 9.07. The molecule has 0 aliphatic heterocycles. The van der Waals surface area contributed by atoms with E-state index in [-0.39, 0.29) is 22.4 Å². The Hall–Kier alpha value is -0.400. The van der Waals surface area contributed by atoms with E-state index >= 15 is 0 Å². The molecule has 2 N–H and O–H groups in total. The van der Waals surface area contributed by atoms with E-state index < -0.39 is 30.6 Å². The molecule has 12 heavy (non-hydrogen) atoms. The first-order valence-corrected chi connectivity index (χ1v) is 2.66. The Morgan fingerprint density at radius 2 is 1.33 bits per heavy atom. The number of rotatable bonds is 4. The van der Waals surface area contributed by atoms with Crippen LogP contribution in [-0.2, 0) is 32.0 Å². The number of hydrogen-bond donors (Lipinski definition) is 2. The van der Waals surface area contributed by atoms with Crippen LogP contribution in [-0.4, -0.2) is 35.4 Å². The number of carbonyl (C=O) groups excluding carboxylic acids is 2. The number of aliphatic hydroxyl groups is 2. The standard InChI is InChI=1S/C5H8O6.Ag/c6-1-5(2-7,3(8)9)4(10)11;/h6-7H,1-2H2,(H,8,9)(H,10,11);/p-2. The van der Waals surface area contributed by atoms with Gasteiger partial charge in [0.05, 0.1) is 30.6 Å². The average molecular weight is 270 g/mol. The van der Waals surface area contributed by atoms with Gasteiger partial charge in [-0.2, -0.15) is 0 Å². The van der Waals surface area contributed by atoms with Gasteiger partial charge in [0.2, 0.25) is 0 Å². The molecule has 0 aliphatic carbocycles. The summed E-state index contributed by atoms with van der Waals surface area (Å²) in [5.74, 6) is -4.13. The fourth-order valence-electron chi connectivity index (χ4n) is 0.392. The van der Waals surface area contributed by atoms with E-state index in [0.29, 0.717) is 0 Å². The van der Waals surface area contributed by atoms with Crippen molar-refractivity contribution in [1.82, 2.24) is 0 Å². The molecule has 0 rings (SSSR count). The molecule has 0 spiro atoms. The second-order valence-electron chi connectivity index (χ2n) is 1.97. The van der Waals surface area contributed by atoms with E-state index in [1.54, 1.807) is 0 Å². The molecule has 0 fully saturated rings. The Morgan fingerprint density at radius 1 is 1.08 bits per heavy atom. The molecule has 0 aliphatic rings. The average Bonchev–Trinajstić information content (AvgIpc) is 1.90. The molecule has 6 nitrogen and oxygen atoms in total. The number of carbonyl (C=O) groups is 2. The fraction of sp³-hybridized carbons (Fsp3) is 0.600. The molecule has 0 aromatic carbocycles. The van der Waals surface area contributed by atoms with Gasteiger partial charge >= 0.3 is 0 Å². The van der Waals surface area contributed by atoms with Gasteiger partial charge < -0.3 is 30.0 Å². The summed E-state index contributed by atoms with van der Waals surface area (Å²) in [5.41, 5.74) is -2.69. The minimum Gasteiger partial charge on any atom is -0.549 e. The maximum atomic E-state index is 10.1. The topological polar surface area (TPSA) is 121 Å². The molecule has 0 heterocycles. The second kappa shape index (κ2) is 5.28. The zero-order valence-electron chi connectivity index (χ0n) is 5.74. The SMILES string of the molecule is O=C([O-])C(CO)(CO)C(=O)[O-].[Ag]. The van der Waals surface area contributed by atoms with E-state index in [4.69, 9.17) is 10.2 Å². The van der Waals surface area contributed by atoms with Crippen LogP contribution in [0.2, 0.25) is 0 Å². The van der Waals surface area contributed by atoms with Crippen LogP contribution in [0.25, 0.3) is 0 Å². The molecule has 0 aromatic heterocycles. The van der Waals surface area contributed by atoms with Gasteiger partial charge in [0, 0.05) is 22.4 Å². The van der Waals surface area contributed by atoms with Crippen LogP contribution in [0, 0.1) is 5.41 Å². The van der Waals surface area contributed by atoms with Gasteiger partial charge in [-0.25, -0.2) is 0 Å². The number of aliphatic carboxylic acids is 2. The Bertz CT molecular complexity index is 159. The molecule has 0 saturated heterocycles. The third-order valence-corrected chi connectivity index (χ3v) is 1.32. The summed E-state index contributed by atoms with van der Waals surface area (Å²) in [5, 5.41) is 36.8. The van der Waals surface area contributed by atoms with Crippen molar-refractivity contribution >= 4 is 11.9 Å². The van der Waals surface area contributed by atoms with Gasteiger partial charge in [-0.05, 0) is 0 Å². The number of aliphatic hydroxyl groups excluding tert-OH is 2. The minimum atomic E-state index is -2.69. The summed E-state index contributed by atoms with van der Waals surface area (Å²) in [4.78, 5) is 20.1. The number of carboxylic acid groups (broad SMARTS) is 2. The quantitative estimate of drug-likeness (QED) is 0.392.